The zero-order valence-electron chi connectivity index (χ0n) is 11.4. The van der Waals surface area contributed by atoms with Gasteiger partial charge in [0.1, 0.15) is 10.7 Å². The lowest BCUT2D eigenvalue weighted by Crippen LogP contribution is -2.36. The monoisotopic (exact) mass is 302 g/mol. The van der Waals surface area contributed by atoms with Gasteiger partial charge in [-0.05, 0) is 30.5 Å². The maximum absolute atomic E-state index is 14.0. The smallest absolute Gasteiger partial charge is 0.246 e. The summed E-state index contributed by atoms with van der Waals surface area (Å²) in [5.74, 6) is -0.754. The summed E-state index contributed by atoms with van der Waals surface area (Å²) in [4.78, 5) is -0.294. The van der Waals surface area contributed by atoms with Crippen molar-refractivity contribution in [2.24, 2.45) is 5.73 Å². The summed E-state index contributed by atoms with van der Waals surface area (Å²) in [6.45, 7) is 0.701. The summed E-state index contributed by atoms with van der Waals surface area (Å²) in [7, 11) is -2.32. The Labute approximate surface area is 118 Å². The van der Waals surface area contributed by atoms with Crippen molar-refractivity contribution in [3.8, 4) is 0 Å². The van der Waals surface area contributed by atoms with Crippen molar-refractivity contribution in [1.29, 1.82) is 0 Å². The zero-order chi connectivity index (χ0) is 14.8. The van der Waals surface area contributed by atoms with Gasteiger partial charge in [-0.3, -0.25) is 0 Å². The molecule has 0 heterocycles. The summed E-state index contributed by atoms with van der Waals surface area (Å²) >= 11 is 0. The minimum atomic E-state index is -3.83. The van der Waals surface area contributed by atoms with Gasteiger partial charge in [0.2, 0.25) is 10.0 Å². The van der Waals surface area contributed by atoms with Gasteiger partial charge < -0.3 is 10.5 Å². The van der Waals surface area contributed by atoms with E-state index in [0.717, 1.165) is 12.8 Å². The van der Waals surface area contributed by atoms with Gasteiger partial charge in [-0.1, -0.05) is 6.07 Å². The molecule has 1 fully saturated rings. The van der Waals surface area contributed by atoms with Crippen LogP contribution in [0.1, 0.15) is 18.4 Å². The second-order valence-electron chi connectivity index (χ2n) is 4.81. The largest absolute Gasteiger partial charge is 0.383 e. The van der Waals surface area contributed by atoms with Gasteiger partial charge in [0.25, 0.3) is 0 Å². The zero-order valence-corrected chi connectivity index (χ0v) is 12.2. The quantitative estimate of drug-likeness (QED) is 0.818. The second-order valence-corrected chi connectivity index (χ2v) is 6.67. The first-order chi connectivity index (χ1) is 9.50. The summed E-state index contributed by atoms with van der Waals surface area (Å²) in [5, 5.41) is 0. The van der Waals surface area contributed by atoms with Crippen LogP contribution in [0, 0.1) is 5.82 Å². The molecule has 2 N–H and O–H groups in total. The minimum Gasteiger partial charge on any atom is -0.383 e. The molecule has 1 aromatic rings. The fourth-order valence-corrected chi connectivity index (χ4v) is 3.77. The van der Waals surface area contributed by atoms with Crippen molar-refractivity contribution in [3.63, 3.8) is 0 Å². The number of benzene rings is 1. The normalized spacial score (nSPS) is 15.8. The third-order valence-corrected chi connectivity index (χ3v) is 5.27. The molecule has 1 aromatic carbocycles. The number of hydrogen-bond acceptors (Lipinski definition) is 4. The van der Waals surface area contributed by atoms with Crippen LogP contribution in [0.15, 0.2) is 23.1 Å². The highest BCUT2D eigenvalue weighted by Crippen LogP contribution is 2.32. The summed E-state index contributed by atoms with van der Waals surface area (Å²) in [5.41, 5.74) is 5.98. The van der Waals surface area contributed by atoms with E-state index in [1.807, 2.05) is 0 Å². The summed E-state index contributed by atoms with van der Waals surface area (Å²) < 4.78 is 45.3. The fraction of sp³-hybridized carbons (Fsp3) is 0.538. The van der Waals surface area contributed by atoms with Crippen LogP contribution in [0.2, 0.25) is 0 Å². The molecule has 112 valence electrons. The molecule has 0 aromatic heterocycles. The Hall–Kier alpha value is -1.02. The van der Waals surface area contributed by atoms with Crippen LogP contribution >= 0.6 is 0 Å². The number of methoxy groups -OCH3 is 1. The maximum Gasteiger partial charge on any atom is 0.246 e. The third kappa shape index (κ3) is 3.17. The molecule has 7 heteroatoms. The van der Waals surface area contributed by atoms with Crippen molar-refractivity contribution in [2.75, 3.05) is 20.3 Å². The Bertz CT molecular complexity index is 573. The lowest BCUT2D eigenvalue weighted by molar-refractivity contribution is 0.177. The van der Waals surface area contributed by atoms with Gasteiger partial charge in [0.05, 0.1) is 6.61 Å². The van der Waals surface area contributed by atoms with E-state index in [-0.39, 0.29) is 30.6 Å². The van der Waals surface area contributed by atoms with Crippen LogP contribution in [0.25, 0.3) is 0 Å². The van der Waals surface area contributed by atoms with Crippen LogP contribution in [0.5, 0.6) is 0 Å². The van der Waals surface area contributed by atoms with Gasteiger partial charge in [-0.2, -0.15) is 4.31 Å². The molecule has 0 radical (unpaired) electrons. The van der Waals surface area contributed by atoms with E-state index < -0.39 is 15.8 Å². The maximum atomic E-state index is 14.0. The lowest BCUT2D eigenvalue weighted by atomic mass is 10.2. The molecule has 1 saturated carbocycles. The van der Waals surface area contributed by atoms with Crippen LogP contribution < -0.4 is 5.73 Å². The topological polar surface area (TPSA) is 72.6 Å². The molecule has 1 aliphatic carbocycles. The summed E-state index contributed by atoms with van der Waals surface area (Å²) in [6, 6.07) is 3.96. The van der Waals surface area contributed by atoms with E-state index in [1.165, 1.54) is 29.6 Å². The minimum absolute atomic E-state index is 0.0382. The van der Waals surface area contributed by atoms with Crippen molar-refractivity contribution >= 4 is 10.0 Å². The predicted molar refractivity (Wildman–Crippen MR) is 73.1 cm³/mol. The van der Waals surface area contributed by atoms with Crippen LogP contribution in [-0.2, 0) is 21.3 Å². The molecule has 1 aliphatic rings. The van der Waals surface area contributed by atoms with E-state index in [2.05, 4.69) is 0 Å². The van der Waals surface area contributed by atoms with Crippen molar-refractivity contribution in [1.82, 2.24) is 4.31 Å². The number of sulfonamides is 1. The molecule has 0 saturated heterocycles. The highest BCUT2D eigenvalue weighted by atomic mass is 32.2. The van der Waals surface area contributed by atoms with E-state index in [0.29, 0.717) is 5.56 Å². The molecule has 0 amide bonds. The molecule has 5 nitrogen and oxygen atoms in total. The SMILES string of the molecule is COCCN(C1CC1)S(=O)(=O)c1ccc(CN)cc1F. The van der Waals surface area contributed by atoms with Crippen molar-refractivity contribution in [2.45, 2.75) is 30.3 Å². The van der Waals surface area contributed by atoms with Crippen LogP contribution in [0.4, 0.5) is 4.39 Å². The molecular formula is C13H19FN2O3S. The number of halogens is 1. The molecule has 0 spiro atoms. The predicted octanol–water partition coefficient (Wildman–Crippen LogP) is 1.08. The van der Waals surface area contributed by atoms with E-state index in [1.54, 1.807) is 0 Å². The van der Waals surface area contributed by atoms with Gasteiger partial charge in [0, 0.05) is 26.2 Å². The molecule has 2 rings (SSSR count). The van der Waals surface area contributed by atoms with Gasteiger partial charge in [-0.25, -0.2) is 12.8 Å². The first kappa shape index (κ1) is 15.4. The van der Waals surface area contributed by atoms with E-state index >= 15 is 0 Å². The van der Waals surface area contributed by atoms with Crippen LogP contribution in [-0.4, -0.2) is 39.0 Å². The van der Waals surface area contributed by atoms with E-state index in [9.17, 15) is 12.8 Å². The fourth-order valence-electron chi connectivity index (χ4n) is 2.05. The van der Waals surface area contributed by atoms with Crippen molar-refractivity contribution in [3.05, 3.63) is 29.6 Å². The Morgan fingerprint density at radius 2 is 2.15 bits per heavy atom. The number of rotatable bonds is 7. The van der Waals surface area contributed by atoms with Crippen LogP contribution in [0.3, 0.4) is 0 Å². The molecule has 0 unspecified atom stereocenters. The number of hydrogen-bond donors (Lipinski definition) is 1. The highest BCUT2D eigenvalue weighted by molar-refractivity contribution is 7.89. The first-order valence-electron chi connectivity index (χ1n) is 6.50. The average molecular weight is 302 g/mol. The number of nitrogens with two attached hydrogens (primary N) is 1. The number of nitrogens with zero attached hydrogens (tertiary/aromatic N) is 1. The van der Waals surface area contributed by atoms with Gasteiger partial charge >= 0.3 is 0 Å². The molecule has 0 aliphatic heterocycles. The Balaban J connectivity index is 2.32. The average Bonchev–Trinajstić information content (AvgIpc) is 3.23. The highest BCUT2D eigenvalue weighted by Gasteiger charge is 2.38. The molecule has 0 atom stereocenters. The Morgan fingerprint density at radius 1 is 1.45 bits per heavy atom. The molecule has 20 heavy (non-hydrogen) atoms. The van der Waals surface area contributed by atoms with Crippen molar-refractivity contribution < 1.29 is 17.5 Å². The first-order valence-corrected chi connectivity index (χ1v) is 7.94. The third-order valence-electron chi connectivity index (χ3n) is 3.29. The van der Waals surface area contributed by atoms with Gasteiger partial charge in [0.15, 0.2) is 0 Å². The molecular weight excluding hydrogens is 283 g/mol. The lowest BCUT2D eigenvalue weighted by Gasteiger charge is -2.22. The number of ether oxygens (including phenoxy) is 1. The summed E-state index contributed by atoms with van der Waals surface area (Å²) in [6.07, 6.45) is 1.62. The standard InChI is InChI=1S/C13H19FN2O3S/c1-19-7-6-16(11-3-4-11)20(17,18)13-5-2-10(9-15)8-12(13)14/h2,5,8,11H,3-4,6-7,9,15H2,1H3. The molecule has 0 bridgehead atoms. The Kier molecular flexibility index (Phi) is 4.74. The van der Waals surface area contributed by atoms with E-state index in [4.69, 9.17) is 10.5 Å². The Morgan fingerprint density at radius 3 is 2.65 bits per heavy atom. The second kappa shape index (κ2) is 6.17. The van der Waals surface area contributed by atoms with Gasteiger partial charge in [-0.15, -0.1) is 0 Å².